The summed E-state index contributed by atoms with van der Waals surface area (Å²) in [5, 5.41) is 31.4. The first-order valence-corrected chi connectivity index (χ1v) is 14.9. The van der Waals surface area contributed by atoms with Gasteiger partial charge in [-0.05, 0) is 58.3 Å². The van der Waals surface area contributed by atoms with E-state index >= 15 is 0 Å². The van der Waals surface area contributed by atoms with Crippen LogP contribution in [0, 0.1) is 5.92 Å². The van der Waals surface area contributed by atoms with Gasteiger partial charge < -0.3 is 25.0 Å². The summed E-state index contributed by atoms with van der Waals surface area (Å²) in [6.45, 7) is 9.65. The van der Waals surface area contributed by atoms with Crippen molar-refractivity contribution in [1.29, 1.82) is 0 Å². The van der Waals surface area contributed by atoms with E-state index in [4.69, 9.17) is 0 Å². The van der Waals surface area contributed by atoms with E-state index < -0.39 is 24.1 Å². The molecule has 13 nitrogen and oxygen atoms in total. The number of nitrogens with one attached hydrogen (secondary N) is 1. The van der Waals surface area contributed by atoms with Crippen LogP contribution in [0.4, 0.5) is 0 Å². The van der Waals surface area contributed by atoms with Crippen LogP contribution in [0.1, 0.15) is 46.0 Å². The molecular formula is C28H54N6O7. The Bertz CT molecular complexity index is 740. The van der Waals surface area contributed by atoms with E-state index in [1.165, 1.54) is 12.8 Å². The van der Waals surface area contributed by atoms with Crippen LogP contribution in [-0.4, -0.2) is 169 Å². The van der Waals surface area contributed by atoms with Gasteiger partial charge in [0.25, 0.3) is 0 Å². The topological polar surface area (TPSA) is 157 Å². The number of carboxylic acids is 3. The molecule has 0 unspecified atom stereocenters. The molecule has 0 amide bonds. The average molecular weight is 587 g/mol. The second kappa shape index (κ2) is 21.5. The van der Waals surface area contributed by atoms with Crippen LogP contribution < -0.4 is 5.32 Å². The van der Waals surface area contributed by atoms with Crippen LogP contribution in [0.5, 0.6) is 0 Å². The summed E-state index contributed by atoms with van der Waals surface area (Å²) in [6.07, 6.45) is 5.78. The van der Waals surface area contributed by atoms with Crippen molar-refractivity contribution >= 4 is 24.2 Å². The third kappa shape index (κ3) is 18.8. The Hall–Kier alpha value is -2.16. The Kier molecular flexibility index (Phi) is 19.4. The number of hydrogen-bond donors (Lipinski definition) is 4. The monoisotopic (exact) mass is 586 g/mol. The Balaban J connectivity index is 2.74. The average Bonchev–Trinajstić information content (AvgIpc) is 2.87. The number of carboxylic acid groups (broad SMARTS) is 3. The molecule has 0 aliphatic carbocycles. The molecule has 13 heteroatoms. The van der Waals surface area contributed by atoms with Crippen LogP contribution in [0.15, 0.2) is 0 Å². The second-order valence-corrected chi connectivity index (χ2v) is 11.5. The molecule has 0 aromatic carbocycles. The van der Waals surface area contributed by atoms with E-state index in [0.29, 0.717) is 58.9 Å². The number of carbonyl (C=O) groups is 4. The second-order valence-electron chi connectivity index (χ2n) is 11.5. The van der Waals surface area contributed by atoms with E-state index in [-0.39, 0.29) is 19.6 Å². The van der Waals surface area contributed by atoms with Crippen molar-refractivity contribution in [1.82, 2.24) is 29.8 Å². The molecule has 0 aromatic rings. The first-order valence-electron chi connectivity index (χ1n) is 14.9. The van der Waals surface area contributed by atoms with Crippen LogP contribution >= 0.6 is 0 Å². The minimum absolute atomic E-state index is 0.189. The summed E-state index contributed by atoms with van der Waals surface area (Å²) in [4.78, 5) is 55.9. The van der Waals surface area contributed by atoms with Crippen molar-refractivity contribution in [3.63, 3.8) is 0 Å². The number of rotatable bonds is 19. The van der Waals surface area contributed by atoms with Crippen molar-refractivity contribution in [3.8, 4) is 0 Å². The van der Waals surface area contributed by atoms with Gasteiger partial charge >= 0.3 is 17.9 Å². The van der Waals surface area contributed by atoms with Gasteiger partial charge in [-0.2, -0.15) is 0 Å². The van der Waals surface area contributed by atoms with Gasteiger partial charge in [0.1, 0.15) is 6.17 Å². The molecule has 1 heterocycles. The smallest absolute Gasteiger partial charge is 0.317 e. The molecule has 1 saturated heterocycles. The number of aliphatic carboxylic acids is 3. The molecule has 0 saturated carbocycles. The zero-order chi connectivity index (χ0) is 30.6. The fraction of sp³-hybridized carbons (Fsp3) is 0.857. The molecule has 1 atom stereocenters. The molecule has 1 aliphatic rings. The van der Waals surface area contributed by atoms with Gasteiger partial charge in [-0.15, -0.1) is 0 Å². The summed E-state index contributed by atoms with van der Waals surface area (Å²) in [5.41, 5.74) is 0. The maximum absolute atomic E-state index is 12.1. The zero-order valence-corrected chi connectivity index (χ0v) is 25.4. The molecule has 1 aliphatic heterocycles. The van der Waals surface area contributed by atoms with Crippen molar-refractivity contribution in [3.05, 3.63) is 0 Å². The molecule has 0 bridgehead atoms. The van der Waals surface area contributed by atoms with E-state index in [1.54, 1.807) is 14.7 Å². The van der Waals surface area contributed by atoms with Gasteiger partial charge in [-0.25, -0.2) is 0 Å². The summed E-state index contributed by atoms with van der Waals surface area (Å²) >= 11 is 0. The van der Waals surface area contributed by atoms with Gasteiger partial charge in [-0.1, -0.05) is 20.3 Å². The lowest BCUT2D eigenvalue weighted by Crippen LogP contribution is -2.54. The number of unbranched alkanes of at least 4 members (excludes halogenated alkanes) is 2. The Labute approximate surface area is 245 Å². The van der Waals surface area contributed by atoms with Gasteiger partial charge in [0.15, 0.2) is 6.29 Å². The predicted molar refractivity (Wildman–Crippen MR) is 157 cm³/mol. The standard InChI is InChI=1S/C28H54N6O7/c1-24(2)8-7-11-30(3)10-6-4-5-9-29-25(23-35)34-18-16-32(21-27(38)39)14-12-31(20-26(36)37)13-15-33(17-19-34)22-28(40)41/h23-25,29H,4-22H2,1-3H3,(H,36,37)(H,38,39)(H,40,41)/t25-/m1/s1. The number of hydrogen-bond acceptors (Lipinski definition) is 10. The van der Waals surface area contributed by atoms with Crippen molar-refractivity contribution in [2.75, 3.05) is 98.7 Å². The van der Waals surface area contributed by atoms with Crippen LogP contribution in [0.25, 0.3) is 0 Å². The summed E-state index contributed by atoms with van der Waals surface area (Å²) in [6, 6.07) is 0. The van der Waals surface area contributed by atoms with Crippen molar-refractivity contribution in [2.24, 2.45) is 5.92 Å². The molecule has 0 aromatic heterocycles. The SMILES string of the molecule is CC(C)CCCN(C)CCCCCN[C@@H](C=O)N1CCN(CC(=O)O)CCN(CC(=O)O)CCN(CC(=O)O)CC1. The number of carbonyl (C=O) groups excluding carboxylic acids is 1. The lowest BCUT2D eigenvalue weighted by Gasteiger charge is -2.35. The van der Waals surface area contributed by atoms with Gasteiger partial charge in [0.05, 0.1) is 19.6 Å². The summed E-state index contributed by atoms with van der Waals surface area (Å²) in [7, 11) is 2.16. The maximum atomic E-state index is 12.1. The zero-order valence-electron chi connectivity index (χ0n) is 25.4. The third-order valence-corrected chi connectivity index (χ3v) is 7.36. The Morgan fingerprint density at radius 3 is 1.59 bits per heavy atom. The molecule has 41 heavy (non-hydrogen) atoms. The lowest BCUT2D eigenvalue weighted by atomic mass is 10.1. The highest BCUT2D eigenvalue weighted by atomic mass is 16.4. The molecule has 4 N–H and O–H groups in total. The molecular weight excluding hydrogens is 532 g/mol. The highest BCUT2D eigenvalue weighted by molar-refractivity contribution is 5.70. The van der Waals surface area contributed by atoms with E-state index in [2.05, 4.69) is 31.1 Å². The van der Waals surface area contributed by atoms with Crippen LogP contribution in [0.2, 0.25) is 0 Å². The highest BCUT2D eigenvalue weighted by Crippen LogP contribution is 2.06. The van der Waals surface area contributed by atoms with E-state index in [9.17, 15) is 34.5 Å². The fourth-order valence-electron chi connectivity index (χ4n) is 4.96. The normalized spacial score (nSPS) is 18.2. The highest BCUT2D eigenvalue weighted by Gasteiger charge is 2.23. The fourth-order valence-corrected chi connectivity index (χ4v) is 4.96. The lowest BCUT2D eigenvalue weighted by molar-refractivity contribution is -0.140. The Morgan fingerprint density at radius 1 is 0.732 bits per heavy atom. The van der Waals surface area contributed by atoms with Gasteiger partial charge in [-0.3, -0.25) is 39.3 Å². The van der Waals surface area contributed by atoms with E-state index in [0.717, 1.165) is 44.6 Å². The van der Waals surface area contributed by atoms with Crippen LogP contribution in [-0.2, 0) is 19.2 Å². The Morgan fingerprint density at radius 2 is 1.17 bits per heavy atom. The molecule has 0 radical (unpaired) electrons. The predicted octanol–water partition coefficient (Wildman–Crippen LogP) is 0.115. The summed E-state index contributed by atoms with van der Waals surface area (Å²) in [5.74, 6) is -2.22. The molecule has 1 rings (SSSR count). The van der Waals surface area contributed by atoms with Crippen molar-refractivity contribution in [2.45, 2.75) is 52.1 Å². The number of nitrogens with zero attached hydrogens (tertiary/aromatic N) is 5. The molecule has 0 spiro atoms. The minimum atomic E-state index is -0.994. The largest absolute Gasteiger partial charge is 0.480 e. The first-order chi connectivity index (χ1) is 19.5. The van der Waals surface area contributed by atoms with Crippen LogP contribution in [0.3, 0.4) is 0 Å². The first kappa shape index (κ1) is 36.9. The molecule has 238 valence electrons. The van der Waals surface area contributed by atoms with Gasteiger partial charge in [0, 0.05) is 52.4 Å². The van der Waals surface area contributed by atoms with Crippen molar-refractivity contribution < 1.29 is 34.5 Å². The van der Waals surface area contributed by atoms with E-state index in [1.807, 2.05) is 4.90 Å². The third-order valence-electron chi connectivity index (χ3n) is 7.36. The summed E-state index contributed by atoms with van der Waals surface area (Å²) < 4.78 is 0. The maximum Gasteiger partial charge on any atom is 0.317 e. The number of aldehydes is 1. The van der Waals surface area contributed by atoms with Gasteiger partial charge in [0.2, 0.25) is 0 Å². The minimum Gasteiger partial charge on any atom is -0.480 e. The molecule has 1 fully saturated rings. The quantitative estimate of drug-likeness (QED) is 0.120.